The summed E-state index contributed by atoms with van der Waals surface area (Å²) in [6.07, 6.45) is 8.20. The minimum absolute atomic E-state index is 0.509. The minimum atomic E-state index is 0.509. The molecular weight excluding hydrogens is 157 g/mol. The summed E-state index contributed by atoms with van der Waals surface area (Å²) in [5.41, 5.74) is 6.04. The Morgan fingerprint density at radius 3 is 2.69 bits per heavy atom. The van der Waals surface area contributed by atoms with Gasteiger partial charge >= 0.3 is 0 Å². The van der Waals surface area contributed by atoms with Crippen molar-refractivity contribution in [1.29, 1.82) is 0 Å². The van der Waals surface area contributed by atoms with Gasteiger partial charge in [-0.15, -0.1) is 0 Å². The molecule has 0 aromatic rings. The van der Waals surface area contributed by atoms with Crippen LogP contribution in [0.3, 0.4) is 0 Å². The lowest BCUT2D eigenvalue weighted by Gasteiger charge is -2.17. The molecule has 1 heterocycles. The molecule has 0 spiro atoms. The first kappa shape index (κ1) is 9.58. The first-order valence-corrected chi connectivity index (χ1v) is 6.03. The first-order chi connectivity index (χ1) is 6.27. The van der Waals surface area contributed by atoms with Crippen LogP contribution in [0.15, 0.2) is 0 Å². The van der Waals surface area contributed by atoms with Gasteiger partial charge in [0.2, 0.25) is 0 Å². The van der Waals surface area contributed by atoms with E-state index in [1.807, 2.05) is 0 Å². The lowest BCUT2D eigenvalue weighted by Crippen LogP contribution is -2.20. The van der Waals surface area contributed by atoms with Gasteiger partial charge in [-0.05, 0) is 18.8 Å². The molecule has 4 atom stereocenters. The van der Waals surface area contributed by atoms with Crippen molar-refractivity contribution < 1.29 is 0 Å². The van der Waals surface area contributed by atoms with E-state index in [-0.39, 0.29) is 0 Å². The van der Waals surface area contributed by atoms with Crippen LogP contribution >= 0.6 is 0 Å². The van der Waals surface area contributed by atoms with Gasteiger partial charge in [-0.25, -0.2) is 0 Å². The van der Waals surface area contributed by atoms with E-state index in [9.17, 15) is 0 Å². The first-order valence-electron chi connectivity index (χ1n) is 6.03. The fraction of sp³-hybridized carbons (Fsp3) is 1.00. The maximum Gasteiger partial charge on any atom is 0.126 e. The predicted molar refractivity (Wildman–Crippen MR) is 59.5 cm³/mol. The highest BCUT2D eigenvalue weighted by Crippen LogP contribution is 2.52. The molecule has 2 heteroatoms. The third-order valence-electron chi connectivity index (χ3n) is 4.10. The quantitative estimate of drug-likeness (QED) is 0.567. The maximum absolute atomic E-state index is 6.04. The van der Waals surface area contributed by atoms with E-state index < -0.39 is 0 Å². The molecule has 1 saturated heterocycles. The van der Waals surface area contributed by atoms with Crippen molar-refractivity contribution in [3.63, 3.8) is 0 Å². The number of nitrogens with two attached hydrogens (primary N) is 1. The van der Waals surface area contributed by atoms with E-state index in [2.05, 4.69) is 6.92 Å². The molecule has 1 aliphatic carbocycles. The van der Waals surface area contributed by atoms with Gasteiger partial charge in [0.15, 0.2) is 0 Å². The molecule has 0 bridgehead atoms. The van der Waals surface area contributed by atoms with Crippen molar-refractivity contribution >= 4 is 7.28 Å². The molecule has 0 aromatic carbocycles. The summed E-state index contributed by atoms with van der Waals surface area (Å²) in [6, 6.07) is 0.509. The Morgan fingerprint density at radius 1 is 1.08 bits per heavy atom. The van der Waals surface area contributed by atoms with Crippen molar-refractivity contribution in [2.75, 3.05) is 0 Å². The van der Waals surface area contributed by atoms with Crippen LogP contribution in [-0.4, -0.2) is 13.3 Å². The van der Waals surface area contributed by atoms with Crippen LogP contribution in [0.5, 0.6) is 0 Å². The molecule has 2 aliphatic rings. The molecule has 1 aliphatic heterocycles. The van der Waals surface area contributed by atoms with Crippen LogP contribution in [-0.2, 0) is 0 Å². The maximum atomic E-state index is 6.04. The van der Waals surface area contributed by atoms with Crippen LogP contribution in [0.25, 0.3) is 0 Å². The lowest BCUT2D eigenvalue weighted by molar-refractivity contribution is 0.426. The van der Waals surface area contributed by atoms with Crippen molar-refractivity contribution in [3.8, 4) is 0 Å². The molecule has 74 valence electrons. The van der Waals surface area contributed by atoms with Gasteiger partial charge in [0.25, 0.3) is 0 Å². The average molecular weight is 179 g/mol. The van der Waals surface area contributed by atoms with E-state index >= 15 is 0 Å². The molecule has 1 saturated carbocycles. The smallest absolute Gasteiger partial charge is 0.126 e. The Balaban J connectivity index is 1.83. The third-order valence-corrected chi connectivity index (χ3v) is 4.10. The van der Waals surface area contributed by atoms with Gasteiger partial charge in [-0.3, -0.25) is 0 Å². The second kappa shape index (κ2) is 4.04. The third kappa shape index (κ3) is 2.49. The van der Waals surface area contributed by atoms with Crippen molar-refractivity contribution in [2.24, 2.45) is 11.7 Å². The monoisotopic (exact) mass is 179 g/mol. The Bertz CT molecular complexity index is 171. The van der Waals surface area contributed by atoms with E-state index in [1.165, 1.54) is 45.8 Å². The van der Waals surface area contributed by atoms with Gasteiger partial charge < -0.3 is 5.73 Å². The number of fused-ring (bicyclic) bond motifs is 1. The van der Waals surface area contributed by atoms with Gasteiger partial charge in [-0.2, -0.15) is 0 Å². The number of rotatable bonds is 0. The largest absolute Gasteiger partial charge is 0.328 e. The fourth-order valence-electron chi connectivity index (χ4n) is 2.96. The van der Waals surface area contributed by atoms with E-state index in [4.69, 9.17) is 5.73 Å². The van der Waals surface area contributed by atoms with Gasteiger partial charge in [0, 0.05) is 6.04 Å². The Kier molecular flexibility index (Phi) is 2.97. The summed E-state index contributed by atoms with van der Waals surface area (Å²) in [4.78, 5) is 0. The summed E-state index contributed by atoms with van der Waals surface area (Å²) in [5.74, 6) is 3.13. The highest BCUT2D eigenvalue weighted by Gasteiger charge is 2.41. The van der Waals surface area contributed by atoms with Crippen LogP contribution < -0.4 is 5.73 Å². The van der Waals surface area contributed by atoms with Crippen LogP contribution in [0.4, 0.5) is 0 Å². The summed E-state index contributed by atoms with van der Waals surface area (Å²) in [6.45, 7) is 2.45. The van der Waals surface area contributed by atoms with Crippen molar-refractivity contribution in [1.82, 2.24) is 0 Å². The number of hydrogen-bond acceptors (Lipinski definition) is 1. The Labute approximate surface area is 82.7 Å². The standard InChI is InChI=1S/C11H22BN/c1-8-4-2-3-5-9(13)6-7-10-11(8)12-10/h8-12H,2-7,13H2,1H3. The highest BCUT2D eigenvalue weighted by atomic mass is 14.6. The molecule has 2 fully saturated rings. The van der Waals surface area contributed by atoms with Gasteiger partial charge in [0.05, 0.1) is 0 Å². The van der Waals surface area contributed by atoms with E-state index in [0.29, 0.717) is 6.04 Å². The molecule has 1 nitrogen and oxygen atoms in total. The molecule has 0 aromatic heterocycles. The normalized spacial score (nSPS) is 46.0. The Morgan fingerprint density at radius 2 is 1.85 bits per heavy atom. The van der Waals surface area contributed by atoms with Crippen molar-refractivity contribution in [2.45, 2.75) is 63.1 Å². The van der Waals surface area contributed by atoms with Crippen molar-refractivity contribution in [3.05, 3.63) is 0 Å². The zero-order valence-corrected chi connectivity index (χ0v) is 8.84. The molecular formula is C11H22BN. The van der Waals surface area contributed by atoms with Crippen LogP contribution in [0, 0.1) is 5.92 Å². The molecule has 0 amide bonds. The summed E-state index contributed by atoms with van der Waals surface area (Å²) in [5, 5.41) is 0. The average Bonchev–Trinajstić information content (AvgIpc) is 2.87. The van der Waals surface area contributed by atoms with Gasteiger partial charge in [-0.1, -0.05) is 44.2 Å². The van der Waals surface area contributed by atoms with Gasteiger partial charge in [0.1, 0.15) is 7.28 Å². The Hall–Kier alpha value is 0.0249. The second-order valence-electron chi connectivity index (χ2n) is 5.26. The predicted octanol–water partition coefficient (Wildman–Crippen LogP) is 2.33. The second-order valence-corrected chi connectivity index (χ2v) is 5.26. The van der Waals surface area contributed by atoms with Crippen LogP contribution in [0.2, 0.25) is 11.6 Å². The molecule has 4 unspecified atom stereocenters. The minimum Gasteiger partial charge on any atom is -0.328 e. The summed E-state index contributed by atoms with van der Waals surface area (Å²) < 4.78 is 0. The molecule has 2 rings (SSSR count). The number of hydrogen-bond donors (Lipinski definition) is 1. The SMILES string of the molecule is CC1CCCCC(N)CCC2BC12. The summed E-state index contributed by atoms with van der Waals surface area (Å²) >= 11 is 0. The molecule has 13 heavy (non-hydrogen) atoms. The fourth-order valence-corrected chi connectivity index (χ4v) is 2.96. The molecule has 2 N–H and O–H groups in total. The summed E-state index contributed by atoms with van der Waals surface area (Å²) in [7, 11) is 1.51. The zero-order valence-electron chi connectivity index (χ0n) is 8.84. The topological polar surface area (TPSA) is 26.0 Å². The lowest BCUT2D eigenvalue weighted by atomic mass is 9.88. The highest BCUT2D eigenvalue weighted by molar-refractivity contribution is 6.53. The molecule has 0 radical (unpaired) electrons. The van der Waals surface area contributed by atoms with E-state index in [1.54, 1.807) is 0 Å². The van der Waals surface area contributed by atoms with E-state index in [0.717, 1.165) is 17.6 Å². The zero-order chi connectivity index (χ0) is 9.26. The van der Waals surface area contributed by atoms with Crippen LogP contribution in [0.1, 0.15) is 45.4 Å².